The number of thiol groups is 3. The van der Waals surface area contributed by atoms with E-state index in [4.69, 9.17) is 17.2 Å². The van der Waals surface area contributed by atoms with Crippen LogP contribution in [0.2, 0.25) is 0 Å². The molecule has 0 aliphatic rings. The second-order valence-corrected chi connectivity index (χ2v) is 7.64. The number of carbonyl (C=O) groups is 3. The second kappa shape index (κ2) is 14.5. The monoisotopic (exact) mass is 701 g/mol. The van der Waals surface area contributed by atoms with E-state index in [1.165, 1.54) is 54.6 Å². The van der Waals surface area contributed by atoms with Crippen molar-refractivity contribution in [3.05, 3.63) is 71.3 Å². The summed E-state index contributed by atoms with van der Waals surface area (Å²) in [5.41, 5.74) is 17.7. The number of benzene rings is 3. The fourth-order valence-electron chi connectivity index (χ4n) is 2.16. The van der Waals surface area contributed by atoms with Crippen LogP contribution in [0, 0.1) is 0 Å². The zero-order chi connectivity index (χ0) is 25.3. The quantitative estimate of drug-likeness (QED) is 0.121. The topological polar surface area (TPSA) is 198 Å². The smallest absolute Gasteiger partial charge is 0.545 e. The van der Waals surface area contributed by atoms with Gasteiger partial charge in [0.2, 0.25) is 0 Å². The first-order valence-corrected chi connectivity index (χ1v) is 10.1. The molecule has 3 aromatic carbocycles. The predicted octanol–water partition coefficient (Wildman–Crippen LogP) is -0.240. The van der Waals surface area contributed by atoms with Gasteiger partial charge in [-0.3, -0.25) is 0 Å². The van der Waals surface area contributed by atoms with Gasteiger partial charge in [0, 0.05) is 48.4 Å². The Morgan fingerprint density at radius 3 is 0.882 bits per heavy atom. The van der Waals surface area contributed by atoms with E-state index >= 15 is 0 Å². The van der Waals surface area contributed by atoms with Crippen LogP contribution in [0.15, 0.2) is 69.3 Å². The molecule has 0 amide bonds. The van der Waals surface area contributed by atoms with Crippen LogP contribution in [0.4, 0.5) is 17.1 Å². The van der Waals surface area contributed by atoms with Crippen LogP contribution in [0.5, 0.6) is 0 Å². The minimum absolute atomic E-state index is 0. The van der Waals surface area contributed by atoms with Crippen LogP contribution in [-0.4, -0.2) is 17.9 Å². The molecule has 0 aromatic heterocycles. The Kier molecular flexibility index (Phi) is 13.3. The molecule has 0 saturated carbocycles. The van der Waals surface area contributed by atoms with E-state index in [1.807, 2.05) is 0 Å². The Bertz CT molecular complexity index is 1050. The zero-order valence-electron chi connectivity index (χ0n) is 17.0. The van der Waals surface area contributed by atoms with Gasteiger partial charge < -0.3 is 46.9 Å². The Balaban J connectivity index is 0.000000473. The molecule has 0 radical (unpaired) electrons. The molecule has 34 heavy (non-hydrogen) atoms. The van der Waals surface area contributed by atoms with Gasteiger partial charge in [-0.05, 0) is 54.6 Å². The third-order valence-corrected chi connectivity index (χ3v) is 4.84. The summed E-state index contributed by atoms with van der Waals surface area (Å²) < 4.78 is 0. The minimum Gasteiger partial charge on any atom is -0.545 e. The molecule has 13 heteroatoms. The summed E-state index contributed by atoms with van der Waals surface area (Å²) in [5.74, 6) is -3.72. The van der Waals surface area contributed by atoms with Crippen LogP contribution < -0.4 is 32.5 Å². The molecule has 0 spiro atoms. The largest absolute Gasteiger partial charge is 3.00 e. The number of nitrogens with two attached hydrogens (primary N) is 3. The van der Waals surface area contributed by atoms with Crippen molar-refractivity contribution in [2.24, 2.45) is 0 Å². The van der Waals surface area contributed by atoms with Gasteiger partial charge in [-0.15, -0.1) is 37.9 Å². The first-order valence-electron chi connectivity index (χ1n) is 8.73. The number of carboxylic acids is 3. The SMILES string of the molecule is Nc1ccc(C(=O)[O-])c(S)c1.Nc1ccc(C(=O)[O-])c(S)c1.Nc1ccc(C(=O)[O-])c(S)c1.[Au+3]. The standard InChI is InChI=1S/3C7H7NO2S.Au/c3*8-4-1-2-5(7(9)10)6(11)3-4;/h3*1-3,11H,8H2,(H,9,10);/q;;;+3/p-3. The van der Waals surface area contributed by atoms with Gasteiger partial charge in [-0.25, -0.2) is 0 Å². The number of carbonyl (C=O) groups excluding carboxylic acids is 3. The molecular weight excluding hydrogens is 683 g/mol. The van der Waals surface area contributed by atoms with Crippen molar-refractivity contribution in [1.82, 2.24) is 0 Å². The van der Waals surface area contributed by atoms with E-state index in [1.54, 1.807) is 0 Å². The summed E-state index contributed by atoms with van der Waals surface area (Å²) in [7, 11) is 0. The van der Waals surface area contributed by atoms with Gasteiger partial charge in [-0.1, -0.05) is 0 Å². The second-order valence-electron chi connectivity index (χ2n) is 6.19. The normalized spacial score (nSPS) is 9.26. The van der Waals surface area contributed by atoms with Crippen molar-refractivity contribution in [1.29, 1.82) is 0 Å². The van der Waals surface area contributed by atoms with E-state index in [9.17, 15) is 29.7 Å². The van der Waals surface area contributed by atoms with Crippen molar-refractivity contribution in [2.45, 2.75) is 14.7 Å². The molecule has 182 valence electrons. The van der Waals surface area contributed by atoms with Gasteiger partial charge in [0.25, 0.3) is 0 Å². The van der Waals surface area contributed by atoms with Crippen LogP contribution in [0.1, 0.15) is 31.1 Å². The van der Waals surface area contributed by atoms with Crippen LogP contribution in [0.3, 0.4) is 0 Å². The van der Waals surface area contributed by atoms with E-state index in [0.717, 1.165) is 0 Å². The first kappa shape index (κ1) is 31.3. The minimum atomic E-state index is -1.24. The molecule has 6 N–H and O–H groups in total. The molecule has 3 rings (SSSR count). The molecule has 0 atom stereocenters. The Labute approximate surface area is 227 Å². The maximum absolute atomic E-state index is 10.3. The molecule has 0 heterocycles. The van der Waals surface area contributed by atoms with Crippen molar-refractivity contribution < 1.29 is 52.1 Å². The number of hydrogen-bond acceptors (Lipinski definition) is 12. The fourth-order valence-corrected chi connectivity index (χ4v) is 3.11. The number of hydrogen-bond donors (Lipinski definition) is 6. The average Bonchev–Trinajstić information content (AvgIpc) is 2.68. The Hall–Kier alpha value is -2.74. The molecule has 0 unspecified atom stereocenters. The summed E-state index contributed by atoms with van der Waals surface area (Å²) in [6.45, 7) is 0. The molecule has 0 bridgehead atoms. The van der Waals surface area contributed by atoms with Crippen molar-refractivity contribution in [3.8, 4) is 0 Å². The van der Waals surface area contributed by atoms with E-state index < -0.39 is 17.9 Å². The Morgan fingerprint density at radius 1 is 0.529 bits per heavy atom. The molecule has 9 nitrogen and oxygen atoms in total. The van der Waals surface area contributed by atoms with E-state index in [0.29, 0.717) is 31.7 Å². The summed E-state index contributed by atoms with van der Waals surface area (Å²) in [4.78, 5) is 32.0. The average molecular weight is 702 g/mol. The predicted molar refractivity (Wildman–Crippen MR) is 127 cm³/mol. The van der Waals surface area contributed by atoms with Gasteiger partial charge in [0.1, 0.15) is 0 Å². The summed E-state index contributed by atoms with van der Waals surface area (Å²) >= 11 is 11.7. The molecule has 0 fully saturated rings. The molecule has 0 aliphatic heterocycles. The Morgan fingerprint density at radius 2 is 0.735 bits per heavy atom. The van der Waals surface area contributed by atoms with Crippen molar-refractivity contribution in [2.75, 3.05) is 17.2 Å². The summed E-state index contributed by atoms with van der Waals surface area (Å²) in [6, 6.07) is 13.0. The maximum atomic E-state index is 10.3. The van der Waals surface area contributed by atoms with Crippen molar-refractivity contribution in [3.63, 3.8) is 0 Å². The number of anilines is 3. The summed E-state index contributed by atoms with van der Waals surface area (Å²) in [5, 5.41) is 31.0. The van der Waals surface area contributed by atoms with Crippen LogP contribution in [0.25, 0.3) is 0 Å². The number of carboxylic acid groups (broad SMARTS) is 3. The van der Waals surface area contributed by atoms with Gasteiger partial charge >= 0.3 is 22.4 Å². The van der Waals surface area contributed by atoms with E-state index in [2.05, 4.69) is 37.9 Å². The number of aromatic carboxylic acids is 3. The third kappa shape index (κ3) is 10.0. The summed E-state index contributed by atoms with van der Waals surface area (Å²) in [6.07, 6.45) is 0. The van der Waals surface area contributed by atoms with Gasteiger partial charge in [-0.2, -0.15) is 0 Å². The fraction of sp³-hybridized carbons (Fsp3) is 0. The zero-order valence-corrected chi connectivity index (χ0v) is 21.9. The first-order chi connectivity index (χ1) is 15.3. The van der Waals surface area contributed by atoms with Crippen molar-refractivity contribution >= 4 is 72.9 Å². The maximum Gasteiger partial charge on any atom is 3.00 e. The number of rotatable bonds is 3. The van der Waals surface area contributed by atoms with E-state index in [-0.39, 0.29) is 39.1 Å². The molecule has 3 aromatic rings. The van der Waals surface area contributed by atoms with Crippen LogP contribution >= 0.6 is 37.9 Å². The number of nitrogen functional groups attached to an aromatic ring is 3. The third-order valence-electron chi connectivity index (χ3n) is 3.73. The van der Waals surface area contributed by atoms with Crippen LogP contribution in [-0.2, 0) is 22.4 Å². The molecular formula is C21H18AuN3O6S3. The molecule has 0 aliphatic carbocycles. The van der Waals surface area contributed by atoms with Gasteiger partial charge in [0.05, 0.1) is 17.9 Å². The molecule has 0 saturated heterocycles. The van der Waals surface area contributed by atoms with Gasteiger partial charge in [0.15, 0.2) is 0 Å².